The molecule has 0 bridgehead atoms. The third-order valence-electron chi connectivity index (χ3n) is 2.32. The van der Waals surface area contributed by atoms with Gasteiger partial charge in [0.1, 0.15) is 5.82 Å². The Balaban J connectivity index is 2.66. The fraction of sp³-hybridized carbons (Fsp3) is 0.417. The summed E-state index contributed by atoms with van der Waals surface area (Å²) in [5, 5.41) is 3.03. The van der Waals surface area contributed by atoms with Gasteiger partial charge in [-0.25, -0.2) is 4.98 Å². The second-order valence-electron chi connectivity index (χ2n) is 4.35. The van der Waals surface area contributed by atoms with Crippen molar-refractivity contribution in [3.8, 4) is 0 Å². The Labute approximate surface area is 106 Å². The standard InChI is InChI=1S/C12H18N4O2/c1-8(6-10(13)17)15-11-5-4-9(7-14-11)12(18)16(2)3/h4-5,7-8H,6H2,1-3H3,(H2,13,17)(H,14,15). The maximum Gasteiger partial charge on any atom is 0.254 e. The summed E-state index contributed by atoms with van der Waals surface area (Å²) >= 11 is 0. The molecule has 0 aliphatic carbocycles. The summed E-state index contributed by atoms with van der Waals surface area (Å²) in [7, 11) is 3.37. The van der Waals surface area contributed by atoms with Gasteiger partial charge >= 0.3 is 0 Å². The van der Waals surface area contributed by atoms with Gasteiger partial charge < -0.3 is 16.0 Å². The minimum Gasteiger partial charge on any atom is -0.370 e. The second-order valence-corrected chi connectivity index (χ2v) is 4.35. The molecule has 1 aromatic heterocycles. The molecule has 0 spiro atoms. The first kappa shape index (κ1) is 14.0. The number of carbonyl (C=O) groups excluding carboxylic acids is 2. The third-order valence-corrected chi connectivity index (χ3v) is 2.32. The lowest BCUT2D eigenvalue weighted by Gasteiger charge is -2.13. The normalized spacial score (nSPS) is 11.7. The number of anilines is 1. The van der Waals surface area contributed by atoms with E-state index in [0.29, 0.717) is 11.4 Å². The number of amides is 2. The fourth-order valence-corrected chi connectivity index (χ4v) is 1.47. The molecule has 0 saturated heterocycles. The van der Waals surface area contributed by atoms with Gasteiger partial charge in [0.2, 0.25) is 5.91 Å². The molecule has 0 radical (unpaired) electrons. The Hall–Kier alpha value is -2.11. The van der Waals surface area contributed by atoms with E-state index in [0.717, 1.165) is 0 Å². The quantitative estimate of drug-likeness (QED) is 0.794. The van der Waals surface area contributed by atoms with Crippen LogP contribution in [0.25, 0.3) is 0 Å². The zero-order valence-corrected chi connectivity index (χ0v) is 10.8. The van der Waals surface area contributed by atoms with E-state index < -0.39 is 0 Å². The molecule has 0 saturated carbocycles. The van der Waals surface area contributed by atoms with Crippen LogP contribution in [0.3, 0.4) is 0 Å². The van der Waals surface area contributed by atoms with Crippen molar-refractivity contribution in [2.45, 2.75) is 19.4 Å². The second kappa shape index (κ2) is 6.00. The van der Waals surface area contributed by atoms with E-state index in [9.17, 15) is 9.59 Å². The molecule has 0 aromatic carbocycles. The summed E-state index contributed by atoms with van der Waals surface area (Å²) in [4.78, 5) is 28.0. The Morgan fingerprint density at radius 1 is 1.44 bits per heavy atom. The first-order valence-electron chi connectivity index (χ1n) is 5.62. The van der Waals surface area contributed by atoms with Crippen molar-refractivity contribution in [1.82, 2.24) is 9.88 Å². The molecule has 0 aliphatic heterocycles. The van der Waals surface area contributed by atoms with Crippen molar-refractivity contribution in [2.24, 2.45) is 5.73 Å². The highest BCUT2D eigenvalue weighted by Gasteiger charge is 2.09. The molecule has 1 heterocycles. The molecule has 1 atom stereocenters. The van der Waals surface area contributed by atoms with E-state index in [1.165, 1.54) is 11.1 Å². The SMILES string of the molecule is CC(CC(N)=O)Nc1ccc(C(=O)N(C)C)cn1. The summed E-state index contributed by atoms with van der Waals surface area (Å²) in [6, 6.07) is 3.30. The van der Waals surface area contributed by atoms with E-state index in [1.807, 2.05) is 6.92 Å². The highest BCUT2D eigenvalue weighted by Crippen LogP contribution is 2.08. The van der Waals surface area contributed by atoms with Gasteiger partial charge in [-0.05, 0) is 19.1 Å². The van der Waals surface area contributed by atoms with E-state index in [-0.39, 0.29) is 24.3 Å². The van der Waals surface area contributed by atoms with Gasteiger partial charge in [-0.3, -0.25) is 9.59 Å². The molecule has 6 nitrogen and oxygen atoms in total. The van der Waals surface area contributed by atoms with Crippen LogP contribution in [0.5, 0.6) is 0 Å². The molecule has 1 rings (SSSR count). The monoisotopic (exact) mass is 250 g/mol. The summed E-state index contributed by atoms with van der Waals surface area (Å²) < 4.78 is 0. The van der Waals surface area contributed by atoms with Crippen molar-refractivity contribution in [3.63, 3.8) is 0 Å². The highest BCUT2D eigenvalue weighted by atomic mass is 16.2. The number of nitrogens with zero attached hydrogens (tertiary/aromatic N) is 2. The first-order valence-corrected chi connectivity index (χ1v) is 5.62. The van der Waals surface area contributed by atoms with Crippen molar-refractivity contribution in [1.29, 1.82) is 0 Å². The summed E-state index contributed by atoms with van der Waals surface area (Å²) in [5.41, 5.74) is 5.62. The van der Waals surface area contributed by atoms with Crippen molar-refractivity contribution in [2.75, 3.05) is 19.4 Å². The number of nitrogens with two attached hydrogens (primary N) is 1. The zero-order valence-electron chi connectivity index (χ0n) is 10.8. The van der Waals surface area contributed by atoms with Gasteiger partial charge in [0.05, 0.1) is 5.56 Å². The molecular weight excluding hydrogens is 232 g/mol. The van der Waals surface area contributed by atoms with Crippen LogP contribution in [-0.2, 0) is 4.79 Å². The Morgan fingerprint density at radius 3 is 2.56 bits per heavy atom. The van der Waals surface area contributed by atoms with Crippen LogP contribution in [0.1, 0.15) is 23.7 Å². The number of pyridine rings is 1. The predicted octanol–water partition coefficient (Wildman–Crippen LogP) is 0.459. The molecule has 0 aliphatic rings. The molecule has 98 valence electrons. The third kappa shape index (κ3) is 4.04. The number of rotatable bonds is 5. The van der Waals surface area contributed by atoms with E-state index in [2.05, 4.69) is 10.3 Å². The molecule has 3 N–H and O–H groups in total. The predicted molar refractivity (Wildman–Crippen MR) is 69.2 cm³/mol. The van der Waals surface area contributed by atoms with Gasteiger partial charge in [0.25, 0.3) is 5.91 Å². The molecule has 6 heteroatoms. The van der Waals surface area contributed by atoms with Crippen LogP contribution in [0, 0.1) is 0 Å². The maximum absolute atomic E-state index is 11.6. The van der Waals surface area contributed by atoms with E-state index >= 15 is 0 Å². The summed E-state index contributed by atoms with van der Waals surface area (Å²) in [5.74, 6) is 0.146. The van der Waals surface area contributed by atoms with Crippen LogP contribution in [0.2, 0.25) is 0 Å². The van der Waals surface area contributed by atoms with Crippen LogP contribution in [-0.4, -0.2) is 41.8 Å². The molecule has 0 fully saturated rings. The number of hydrogen-bond donors (Lipinski definition) is 2. The van der Waals surface area contributed by atoms with Crippen LogP contribution >= 0.6 is 0 Å². The lowest BCUT2D eigenvalue weighted by Crippen LogP contribution is -2.25. The van der Waals surface area contributed by atoms with Crippen molar-refractivity contribution in [3.05, 3.63) is 23.9 Å². The smallest absolute Gasteiger partial charge is 0.254 e. The van der Waals surface area contributed by atoms with Gasteiger partial charge in [-0.15, -0.1) is 0 Å². The lowest BCUT2D eigenvalue weighted by atomic mass is 10.2. The van der Waals surface area contributed by atoms with Gasteiger partial charge in [-0.1, -0.05) is 0 Å². The summed E-state index contributed by atoms with van der Waals surface area (Å²) in [6.07, 6.45) is 1.74. The van der Waals surface area contributed by atoms with E-state index in [4.69, 9.17) is 5.73 Å². The summed E-state index contributed by atoms with van der Waals surface area (Å²) in [6.45, 7) is 1.84. The molecule has 1 unspecified atom stereocenters. The van der Waals surface area contributed by atoms with Gasteiger partial charge in [0, 0.05) is 32.8 Å². The topological polar surface area (TPSA) is 88.3 Å². The average molecular weight is 250 g/mol. The Morgan fingerprint density at radius 2 is 2.11 bits per heavy atom. The number of hydrogen-bond acceptors (Lipinski definition) is 4. The molecular formula is C12H18N4O2. The van der Waals surface area contributed by atoms with Crippen LogP contribution in [0.15, 0.2) is 18.3 Å². The highest BCUT2D eigenvalue weighted by molar-refractivity contribution is 5.93. The van der Waals surface area contributed by atoms with Gasteiger partial charge in [-0.2, -0.15) is 0 Å². The number of primary amides is 1. The zero-order chi connectivity index (χ0) is 13.7. The van der Waals surface area contributed by atoms with Crippen LogP contribution < -0.4 is 11.1 Å². The average Bonchev–Trinajstić information content (AvgIpc) is 2.27. The van der Waals surface area contributed by atoms with Crippen molar-refractivity contribution >= 4 is 17.6 Å². The Kier molecular flexibility index (Phi) is 4.65. The molecule has 2 amide bonds. The Bertz CT molecular complexity index is 428. The number of carbonyl (C=O) groups is 2. The minimum atomic E-state index is -0.366. The largest absolute Gasteiger partial charge is 0.370 e. The van der Waals surface area contributed by atoms with Gasteiger partial charge in [0.15, 0.2) is 0 Å². The number of nitrogens with one attached hydrogen (secondary N) is 1. The molecule has 18 heavy (non-hydrogen) atoms. The maximum atomic E-state index is 11.6. The van der Waals surface area contributed by atoms with Crippen LogP contribution in [0.4, 0.5) is 5.82 Å². The van der Waals surface area contributed by atoms with E-state index in [1.54, 1.807) is 26.2 Å². The number of aromatic nitrogens is 1. The molecule has 1 aromatic rings. The first-order chi connectivity index (χ1) is 8.40. The fourth-order valence-electron chi connectivity index (χ4n) is 1.47. The minimum absolute atomic E-state index is 0.0922. The lowest BCUT2D eigenvalue weighted by molar-refractivity contribution is -0.118. The van der Waals surface area contributed by atoms with Crippen molar-refractivity contribution < 1.29 is 9.59 Å².